The summed E-state index contributed by atoms with van der Waals surface area (Å²) in [7, 11) is 0. The molecule has 88 valence electrons. The molecule has 0 bridgehead atoms. The number of aliphatic hydroxyl groups is 1. The zero-order valence-electron chi connectivity index (χ0n) is 9.43. The number of hydrogen-bond acceptors (Lipinski definition) is 3. The van der Waals surface area contributed by atoms with Crippen LogP contribution in [-0.2, 0) is 4.74 Å². The van der Waals surface area contributed by atoms with Crippen molar-refractivity contribution in [1.29, 1.82) is 0 Å². The summed E-state index contributed by atoms with van der Waals surface area (Å²) in [5, 5.41) is 9.70. The molecule has 0 amide bonds. The Kier molecular flexibility index (Phi) is 3.93. The van der Waals surface area contributed by atoms with Gasteiger partial charge >= 0.3 is 0 Å². The fourth-order valence-electron chi connectivity index (χ4n) is 2.19. The van der Waals surface area contributed by atoms with Gasteiger partial charge in [-0.3, -0.25) is 0 Å². The summed E-state index contributed by atoms with van der Waals surface area (Å²) >= 11 is 0. The topological polar surface area (TPSA) is 55.5 Å². The van der Waals surface area contributed by atoms with Crippen LogP contribution in [0, 0.1) is 0 Å². The molecule has 3 nitrogen and oxygen atoms in total. The number of rotatable bonds is 3. The van der Waals surface area contributed by atoms with Crippen LogP contribution in [0.1, 0.15) is 36.0 Å². The molecular weight excluding hydrogens is 202 g/mol. The molecule has 0 saturated carbocycles. The summed E-state index contributed by atoms with van der Waals surface area (Å²) in [6.07, 6.45) is 1.60. The van der Waals surface area contributed by atoms with Gasteiger partial charge < -0.3 is 15.6 Å². The molecule has 3 heteroatoms. The first-order valence-electron chi connectivity index (χ1n) is 5.87. The second-order valence-corrected chi connectivity index (χ2v) is 4.31. The van der Waals surface area contributed by atoms with Crippen LogP contribution in [0.3, 0.4) is 0 Å². The van der Waals surface area contributed by atoms with E-state index in [1.54, 1.807) is 0 Å². The van der Waals surface area contributed by atoms with Crippen molar-refractivity contribution in [2.75, 3.05) is 19.8 Å². The van der Waals surface area contributed by atoms with E-state index in [2.05, 4.69) is 12.1 Å². The highest BCUT2D eigenvalue weighted by molar-refractivity contribution is 5.28. The van der Waals surface area contributed by atoms with Crippen molar-refractivity contribution in [2.24, 2.45) is 5.73 Å². The van der Waals surface area contributed by atoms with Crippen LogP contribution >= 0.6 is 0 Å². The Bertz CT molecular complexity index is 334. The van der Waals surface area contributed by atoms with Gasteiger partial charge in [0.05, 0.1) is 6.10 Å². The van der Waals surface area contributed by atoms with Crippen molar-refractivity contribution in [3.8, 4) is 0 Å². The molecule has 1 heterocycles. The van der Waals surface area contributed by atoms with Gasteiger partial charge in [0, 0.05) is 19.8 Å². The van der Waals surface area contributed by atoms with E-state index in [9.17, 15) is 5.11 Å². The molecule has 1 aromatic carbocycles. The Morgan fingerprint density at radius 2 is 2.12 bits per heavy atom. The van der Waals surface area contributed by atoms with E-state index in [0.717, 1.165) is 31.6 Å². The number of hydrogen-bond donors (Lipinski definition) is 2. The van der Waals surface area contributed by atoms with Crippen molar-refractivity contribution in [3.63, 3.8) is 0 Å². The minimum atomic E-state index is -0.542. The normalized spacial score (nSPS) is 19.6. The van der Waals surface area contributed by atoms with Crippen molar-refractivity contribution < 1.29 is 9.84 Å². The molecule has 0 aliphatic carbocycles. The standard InChI is InChI=1S/C13H19NO2/c14-9-13(15)12-3-1-2-11(8-12)10-4-6-16-7-5-10/h1-3,8,10,13,15H,4-7,9,14H2. The Morgan fingerprint density at radius 3 is 2.81 bits per heavy atom. The van der Waals surface area contributed by atoms with E-state index in [1.165, 1.54) is 5.56 Å². The van der Waals surface area contributed by atoms with Crippen molar-refractivity contribution in [2.45, 2.75) is 24.9 Å². The second kappa shape index (κ2) is 5.43. The maximum atomic E-state index is 9.70. The third-order valence-electron chi connectivity index (χ3n) is 3.21. The first-order chi connectivity index (χ1) is 7.81. The predicted octanol–water partition coefficient (Wildman–Crippen LogP) is 1.57. The predicted molar refractivity (Wildman–Crippen MR) is 63.3 cm³/mol. The monoisotopic (exact) mass is 221 g/mol. The van der Waals surface area contributed by atoms with Crippen molar-refractivity contribution in [3.05, 3.63) is 35.4 Å². The molecule has 0 radical (unpaired) electrons. The lowest BCUT2D eigenvalue weighted by atomic mass is 9.90. The molecule has 1 saturated heterocycles. The van der Waals surface area contributed by atoms with E-state index < -0.39 is 6.10 Å². The number of benzene rings is 1. The third-order valence-corrected chi connectivity index (χ3v) is 3.21. The van der Waals surface area contributed by atoms with Crippen LogP contribution < -0.4 is 5.73 Å². The van der Waals surface area contributed by atoms with E-state index in [0.29, 0.717) is 5.92 Å². The highest BCUT2D eigenvalue weighted by Gasteiger charge is 2.16. The largest absolute Gasteiger partial charge is 0.387 e. The maximum absolute atomic E-state index is 9.70. The summed E-state index contributed by atoms with van der Waals surface area (Å²) in [5.74, 6) is 0.568. The van der Waals surface area contributed by atoms with E-state index in [1.807, 2.05) is 12.1 Å². The van der Waals surface area contributed by atoms with E-state index in [4.69, 9.17) is 10.5 Å². The van der Waals surface area contributed by atoms with Crippen LogP contribution in [0.25, 0.3) is 0 Å². The van der Waals surface area contributed by atoms with Gasteiger partial charge in [-0.25, -0.2) is 0 Å². The Balaban J connectivity index is 2.14. The summed E-state index contributed by atoms with van der Waals surface area (Å²) in [6, 6.07) is 8.13. The molecular formula is C13H19NO2. The molecule has 1 unspecified atom stereocenters. The molecule has 2 rings (SSSR count). The summed E-state index contributed by atoms with van der Waals surface area (Å²) in [6.45, 7) is 1.96. The molecule has 1 aliphatic rings. The highest BCUT2D eigenvalue weighted by Crippen LogP contribution is 2.28. The fraction of sp³-hybridized carbons (Fsp3) is 0.538. The minimum absolute atomic E-state index is 0.275. The minimum Gasteiger partial charge on any atom is -0.387 e. The lowest BCUT2D eigenvalue weighted by Crippen LogP contribution is -2.15. The third kappa shape index (κ3) is 2.61. The molecule has 0 spiro atoms. The number of ether oxygens (including phenoxy) is 1. The van der Waals surface area contributed by atoms with Gasteiger partial charge in [-0.05, 0) is 29.9 Å². The van der Waals surface area contributed by atoms with Gasteiger partial charge in [-0.15, -0.1) is 0 Å². The first-order valence-corrected chi connectivity index (χ1v) is 5.87. The smallest absolute Gasteiger partial charge is 0.0912 e. The van der Waals surface area contributed by atoms with Gasteiger partial charge in [0.15, 0.2) is 0 Å². The summed E-state index contributed by atoms with van der Waals surface area (Å²) in [5.41, 5.74) is 7.68. The van der Waals surface area contributed by atoms with Gasteiger partial charge in [0.1, 0.15) is 0 Å². The molecule has 1 fully saturated rings. The quantitative estimate of drug-likeness (QED) is 0.814. The first kappa shape index (κ1) is 11.6. The average molecular weight is 221 g/mol. The van der Waals surface area contributed by atoms with Crippen LogP contribution in [0.4, 0.5) is 0 Å². The average Bonchev–Trinajstić information content (AvgIpc) is 2.39. The van der Waals surface area contributed by atoms with Gasteiger partial charge in [0.25, 0.3) is 0 Å². The lowest BCUT2D eigenvalue weighted by molar-refractivity contribution is 0.0852. The SMILES string of the molecule is NCC(O)c1cccc(C2CCOCC2)c1. The number of nitrogens with two attached hydrogens (primary N) is 1. The van der Waals surface area contributed by atoms with Crippen LogP contribution in [0.5, 0.6) is 0 Å². The maximum Gasteiger partial charge on any atom is 0.0912 e. The van der Waals surface area contributed by atoms with Crippen molar-refractivity contribution in [1.82, 2.24) is 0 Å². The second-order valence-electron chi connectivity index (χ2n) is 4.31. The van der Waals surface area contributed by atoms with Crippen molar-refractivity contribution >= 4 is 0 Å². The lowest BCUT2D eigenvalue weighted by Gasteiger charge is -2.23. The van der Waals surface area contributed by atoms with E-state index in [-0.39, 0.29) is 6.54 Å². The highest BCUT2D eigenvalue weighted by atomic mass is 16.5. The molecule has 3 N–H and O–H groups in total. The van der Waals surface area contributed by atoms with Gasteiger partial charge in [-0.2, -0.15) is 0 Å². The summed E-state index contributed by atoms with van der Waals surface area (Å²) in [4.78, 5) is 0. The molecule has 16 heavy (non-hydrogen) atoms. The number of aliphatic hydroxyl groups excluding tert-OH is 1. The molecule has 0 aromatic heterocycles. The Hall–Kier alpha value is -0.900. The van der Waals surface area contributed by atoms with Crippen LogP contribution in [0.15, 0.2) is 24.3 Å². The Morgan fingerprint density at radius 1 is 1.38 bits per heavy atom. The fourth-order valence-corrected chi connectivity index (χ4v) is 2.19. The van der Waals surface area contributed by atoms with Crippen LogP contribution in [-0.4, -0.2) is 24.9 Å². The summed E-state index contributed by atoms with van der Waals surface area (Å²) < 4.78 is 5.35. The molecule has 1 atom stereocenters. The zero-order chi connectivity index (χ0) is 11.4. The zero-order valence-corrected chi connectivity index (χ0v) is 9.43. The van der Waals surface area contributed by atoms with Crippen LogP contribution in [0.2, 0.25) is 0 Å². The Labute approximate surface area is 96.2 Å². The molecule has 1 aliphatic heterocycles. The van der Waals surface area contributed by atoms with E-state index >= 15 is 0 Å². The van der Waals surface area contributed by atoms with Gasteiger partial charge in [-0.1, -0.05) is 24.3 Å². The van der Waals surface area contributed by atoms with Gasteiger partial charge in [0.2, 0.25) is 0 Å². The molecule has 1 aromatic rings.